The molecule has 0 spiro atoms. The Morgan fingerprint density at radius 2 is 1.79 bits per heavy atom. The second-order valence-electron chi connectivity index (χ2n) is 4.31. The van der Waals surface area contributed by atoms with Crippen LogP contribution in [0.5, 0.6) is 11.5 Å². The van der Waals surface area contributed by atoms with Crippen molar-refractivity contribution in [3.05, 3.63) is 23.8 Å². The second-order valence-corrected chi connectivity index (χ2v) is 6.83. The minimum absolute atomic E-state index is 0.149. The number of hydrogen-bond acceptors (Lipinski definition) is 2. The molecule has 1 unspecified atom stereocenters. The number of hydrogen-bond donors (Lipinski definition) is 0. The first-order valence-corrected chi connectivity index (χ1v) is 7.63. The summed E-state index contributed by atoms with van der Waals surface area (Å²) in [5, 5.41) is 0. The van der Waals surface area contributed by atoms with E-state index in [0.717, 1.165) is 11.5 Å². The van der Waals surface area contributed by atoms with Gasteiger partial charge < -0.3 is 9.05 Å². The van der Waals surface area contributed by atoms with Crippen LogP contribution in [0.2, 0.25) is 0 Å². The fourth-order valence-electron chi connectivity index (χ4n) is 1.29. The summed E-state index contributed by atoms with van der Waals surface area (Å²) in [6.45, 7) is 6.55. The largest absolute Gasteiger partial charge is 0.427 e. The molecule has 0 radical (unpaired) electrons. The van der Waals surface area contributed by atoms with Crippen molar-refractivity contribution in [2.24, 2.45) is 0 Å². The van der Waals surface area contributed by atoms with Crippen molar-refractivity contribution in [3.63, 3.8) is 0 Å². The van der Waals surface area contributed by atoms with Gasteiger partial charge in [0.05, 0.1) is 0 Å². The zero-order chi connectivity index (χ0) is 10.3. The molecule has 0 bridgehead atoms. The van der Waals surface area contributed by atoms with Crippen molar-refractivity contribution in [3.8, 4) is 11.5 Å². The van der Waals surface area contributed by atoms with Gasteiger partial charge in [-0.1, -0.05) is 26.8 Å². The zero-order valence-corrected chi connectivity index (χ0v) is 10.9. The van der Waals surface area contributed by atoms with Crippen LogP contribution in [0.1, 0.15) is 26.3 Å². The standard InChI is InChI=1S/C10H12BrO2P/c1-10(2,3)7-4-5-8-9(6-7)13-14(11)12-8/h4-6H,1-3H3. The van der Waals surface area contributed by atoms with Crippen LogP contribution in [0.3, 0.4) is 0 Å². The van der Waals surface area contributed by atoms with Crippen LogP contribution in [0.25, 0.3) is 0 Å². The molecule has 1 atom stereocenters. The van der Waals surface area contributed by atoms with Gasteiger partial charge in [-0.3, -0.25) is 0 Å². The lowest BCUT2D eigenvalue weighted by molar-refractivity contribution is 0.580. The smallest absolute Gasteiger partial charge is 0.368 e. The highest BCUT2D eigenvalue weighted by molar-refractivity contribution is 9.38. The predicted molar refractivity (Wildman–Crippen MR) is 62.2 cm³/mol. The Bertz CT molecular complexity index is 360. The molecular weight excluding hydrogens is 263 g/mol. The van der Waals surface area contributed by atoms with Gasteiger partial charge in [0.2, 0.25) is 0 Å². The maximum atomic E-state index is 5.50. The Balaban J connectivity index is 2.38. The topological polar surface area (TPSA) is 18.5 Å². The van der Waals surface area contributed by atoms with Crippen LogP contribution in [0.15, 0.2) is 18.2 Å². The van der Waals surface area contributed by atoms with Gasteiger partial charge in [0.1, 0.15) is 0 Å². The highest BCUT2D eigenvalue weighted by Crippen LogP contribution is 2.57. The molecule has 1 aliphatic heterocycles. The average Bonchev–Trinajstić information content (AvgIpc) is 2.41. The van der Waals surface area contributed by atoms with E-state index in [1.165, 1.54) is 5.56 Å². The van der Waals surface area contributed by atoms with Crippen molar-refractivity contribution in [1.82, 2.24) is 0 Å². The molecule has 14 heavy (non-hydrogen) atoms. The first-order chi connectivity index (χ1) is 6.47. The number of halogens is 1. The highest BCUT2D eigenvalue weighted by atomic mass is 79.9. The molecule has 0 aliphatic carbocycles. The lowest BCUT2D eigenvalue weighted by atomic mass is 9.87. The Kier molecular flexibility index (Phi) is 2.48. The van der Waals surface area contributed by atoms with E-state index in [2.05, 4.69) is 48.4 Å². The molecular formula is C10H12BrO2P. The molecule has 0 saturated heterocycles. The Morgan fingerprint density at radius 3 is 2.43 bits per heavy atom. The van der Waals surface area contributed by atoms with E-state index in [1.54, 1.807) is 0 Å². The van der Waals surface area contributed by atoms with E-state index in [1.807, 2.05) is 6.07 Å². The van der Waals surface area contributed by atoms with Crippen molar-refractivity contribution in [1.29, 1.82) is 0 Å². The molecule has 1 heterocycles. The third-order valence-corrected chi connectivity index (χ3v) is 3.70. The monoisotopic (exact) mass is 274 g/mol. The van der Waals surface area contributed by atoms with Crippen LogP contribution in [0.4, 0.5) is 0 Å². The van der Waals surface area contributed by atoms with E-state index in [-0.39, 0.29) is 5.41 Å². The molecule has 2 nitrogen and oxygen atoms in total. The van der Waals surface area contributed by atoms with Gasteiger partial charge >= 0.3 is 7.08 Å². The molecule has 0 N–H and O–H groups in total. The van der Waals surface area contributed by atoms with Crippen molar-refractivity contribution in [2.45, 2.75) is 26.2 Å². The molecule has 0 fully saturated rings. The SMILES string of the molecule is CC(C)(C)c1ccc2c(c1)OP(Br)O2. The summed E-state index contributed by atoms with van der Waals surface area (Å²) < 4.78 is 10.9. The molecule has 1 aliphatic rings. The Labute approximate surface area is 93.3 Å². The molecule has 1 aromatic rings. The number of rotatable bonds is 0. The summed E-state index contributed by atoms with van der Waals surface area (Å²) in [7, 11) is -0.928. The molecule has 0 aromatic heterocycles. The predicted octanol–water partition coefficient (Wildman–Crippen LogP) is 4.38. The van der Waals surface area contributed by atoms with Gasteiger partial charge in [-0.15, -0.1) is 0 Å². The normalized spacial score (nSPS) is 19.9. The summed E-state index contributed by atoms with van der Waals surface area (Å²) in [6.07, 6.45) is 0. The first kappa shape index (κ1) is 10.3. The van der Waals surface area contributed by atoms with Crippen LogP contribution in [-0.2, 0) is 5.41 Å². The molecule has 0 saturated carbocycles. The van der Waals surface area contributed by atoms with Gasteiger partial charge in [0.25, 0.3) is 0 Å². The highest BCUT2D eigenvalue weighted by Gasteiger charge is 2.25. The zero-order valence-electron chi connectivity index (χ0n) is 8.37. The third kappa shape index (κ3) is 1.89. The van der Waals surface area contributed by atoms with E-state index in [0.29, 0.717) is 0 Å². The minimum Gasteiger partial charge on any atom is -0.427 e. The van der Waals surface area contributed by atoms with Crippen molar-refractivity contribution in [2.75, 3.05) is 0 Å². The van der Waals surface area contributed by atoms with Crippen LogP contribution in [-0.4, -0.2) is 0 Å². The van der Waals surface area contributed by atoms with Gasteiger partial charge in [-0.2, -0.15) is 0 Å². The van der Waals surface area contributed by atoms with Crippen LogP contribution in [0, 0.1) is 0 Å². The molecule has 76 valence electrons. The first-order valence-electron chi connectivity index (χ1n) is 4.43. The second kappa shape index (κ2) is 3.39. The summed E-state index contributed by atoms with van der Waals surface area (Å²) in [5.74, 6) is 1.68. The van der Waals surface area contributed by atoms with E-state index >= 15 is 0 Å². The van der Waals surface area contributed by atoms with E-state index < -0.39 is 7.08 Å². The third-order valence-electron chi connectivity index (χ3n) is 2.15. The van der Waals surface area contributed by atoms with Crippen molar-refractivity contribution >= 4 is 22.6 Å². The average molecular weight is 275 g/mol. The van der Waals surface area contributed by atoms with Crippen molar-refractivity contribution < 1.29 is 9.05 Å². The van der Waals surface area contributed by atoms with Gasteiger partial charge in [0, 0.05) is 15.5 Å². The molecule has 0 amide bonds. The van der Waals surface area contributed by atoms with Crippen LogP contribution >= 0.6 is 22.6 Å². The number of fused-ring (bicyclic) bond motifs is 1. The lowest BCUT2D eigenvalue weighted by Gasteiger charge is -2.18. The summed E-state index contributed by atoms with van der Waals surface area (Å²) in [6, 6.07) is 6.11. The summed E-state index contributed by atoms with van der Waals surface area (Å²) in [5.41, 5.74) is 1.41. The van der Waals surface area contributed by atoms with E-state index in [4.69, 9.17) is 9.05 Å². The quantitative estimate of drug-likeness (QED) is 0.654. The maximum absolute atomic E-state index is 5.50. The fourth-order valence-corrected chi connectivity index (χ4v) is 2.87. The van der Waals surface area contributed by atoms with Gasteiger partial charge in [-0.25, -0.2) is 0 Å². The Morgan fingerprint density at radius 1 is 1.14 bits per heavy atom. The number of benzene rings is 1. The molecule has 2 rings (SSSR count). The Hall–Kier alpha value is -0.270. The summed E-state index contributed by atoms with van der Waals surface area (Å²) in [4.78, 5) is 0. The van der Waals surface area contributed by atoms with Gasteiger partial charge in [-0.05, 0) is 23.1 Å². The minimum atomic E-state index is -0.928. The van der Waals surface area contributed by atoms with Crippen LogP contribution < -0.4 is 9.05 Å². The molecule has 1 aromatic carbocycles. The maximum Gasteiger partial charge on any atom is 0.368 e. The van der Waals surface area contributed by atoms with Gasteiger partial charge in [0.15, 0.2) is 11.5 Å². The fraction of sp³-hybridized carbons (Fsp3) is 0.400. The van der Waals surface area contributed by atoms with E-state index in [9.17, 15) is 0 Å². The molecule has 4 heteroatoms. The summed E-state index contributed by atoms with van der Waals surface area (Å²) >= 11 is 3.31. The lowest BCUT2D eigenvalue weighted by Crippen LogP contribution is -2.10.